The van der Waals surface area contributed by atoms with Gasteiger partial charge in [0.05, 0.1) is 0 Å². The van der Waals surface area contributed by atoms with Crippen molar-refractivity contribution in [1.29, 1.82) is 0 Å². The Hall–Kier alpha value is 0.270. The molecule has 2 aliphatic carbocycles. The van der Waals surface area contributed by atoms with Crippen molar-refractivity contribution < 1.29 is 0 Å². The molecule has 0 bridgehead atoms. The zero-order valence-corrected chi connectivity index (χ0v) is 14.2. The van der Waals surface area contributed by atoms with Crippen LogP contribution in [-0.4, -0.2) is 40.6 Å². The van der Waals surface area contributed by atoms with Crippen LogP contribution in [0.2, 0.25) is 0 Å². The van der Waals surface area contributed by atoms with Crippen LogP contribution in [-0.2, 0) is 0 Å². The summed E-state index contributed by atoms with van der Waals surface area (Å²) in [6.45, 7) is 8.20. The SMILES string of the molecule is CC1(C)CCN(C2(CN)CCCC(C3CC3)C2)CCS1. The average Bonchev–Trinajstić information content (AvgIpc) is 3.26. The second-order valence-corrected chi connectivity index (χ2v) is 9.77. The maximum absolute atomic E-state index is 6.32. The predicted molar refractivity (Wildman–Crippen MR) is 89.2 cm³/mol. The van der Waals surface area contributed by atoms with Gasteiger partial charge in [-0.3, -0.25) is 4.90 Å². The van der Waals surface area contributed by atoms with Crippen LogP contribution in [0.1, 0.15) is 58.8 Å². The Morgan fingerprint density at radius 2 is 1.90 bits per heavy atom. The van der Waals surface area contributed by atoms with Crippen LogP contribution in [0.5, 0.6) is 0 Å². The van der Waals surface area contributed by atoms with E-state index in [-0.39, 0.29) is 0 Å². The fourth-order valence-corrected chi connectivity index (χ4v) is 5.55. The molecule has 3 fully saturated rings. The molecule has 1 aliphatic heterocycles. The third-order valence-electron chi connectivity index (χ3n) is 6.04. The summed E-state index contributed by atoms with van der Waals surface area (Å²) < 4.78 is 0.453. The van der Waals surface area contributed by atoms with Gasteiger partial charge in [-0.15, -0.1) is 0 Å². The number of hydrogen-bond acceptors (Lipinski definition) is 3. The lowest BCUT2D eigenvalue weighted by Crippen LogP contribution is -2.57. The van der Waals surface area contributed by atoms with Crippen LogP contribution >= 0.6 is 11.8 Å². The number of hydrogen-bond donors (Lipinski definition) is 1. The van der Waals surface area contributed by atoms with Crippen LogP contribution in [0, 0.1) is 11.8 Å². The van der Waals surface area contributed by atoms with E-state index in [9.17, 15) is 0 Å². The van der Waals surface area contributed by atoms with E-state index in [1.54, 1.807) is 0 Å². The minimum atomic E-state index is 0.340. The minimum absolute atomic E-state index is 0.340. The summed E-state index contributed by atoms with van der Waals surface area (Å²) in [6.07, 6.45) is 9.92. The highest BCUT2D eigenvalue weighted by molar-refractivity contribution is 8.00. The Kier molecular flexibility index (Phi) is 4.41. The molecule has 2 saturated carbocycles. The van der Waals surface area contributed by atoms with Crippen molar-refractivity contribution in [1.82, 2.24) is 4.90 Å². The van der Waals surface area contributed by atoms with Crippen molar-refractivity contribution in [3.05, 3.63) is 0 Å². The molecule has 1 saturated heterocycles. The second-order valence-electron chi connectivity index (χ2n) is 7.97. The van der Waals surface area contributed by atoms with E-state index in [0.717, 1.165) is 18.4 Å². The molecule has 0 amide bonds. The minimum Gasteiger partial charge on any atom is -0.329 e. The Morgan fingerprint density at radius 3 is 2.60 bits per heavy atom. The third-order valence-corrected chi connectivity index (χ3v) is 7.41. The maximum atomic E-state index is 6.32. The molecular weight excluding hydrogens is 264 g/mol. The highest BCUT2D eigenvalue weighted by atomic mass is 32.2. The Balaban J connectivity index is 1.70. The summed E-state index contributed by atoms with van der Waals surface area (Å²) >= 11 is 2.16. The van der Waals surface area contributed by atoms with Crippen molar-refractivity contribution in [3.8, 4) is 0 Å². The molecule has 2 nitrogen and oxygen atoms in total. The summed E-state index contributed by atoms with van der Waals surface area (Å²) in [5, 5.41) is 0. The van der Waals surface area contributed by atoms with E-state index in [4.69, 9.17) is 5.73 Å². The van der Waals surface area contributed by atoms with Gasteiger partial charge in [-0.25, -0.2) is 0 Å². The molecule has 0 radical (unpaired) electrons. The fraction of sp³-hybridized carbons (Fsp3) is 1.00. The molecule has 20 heavy (non-hydrogen) atoms. The second kappa shape index (κ2) is 5.81. The summed E-state index contributed by atoms with van der Waals surface area (Å²) in [5.74, 6) is 3.32. The predicted octanol–water partition coefficient (Wildman–Crippen LogP) is 3.50. The Bertz CT molecular complexity index is 340. The Labute approximate surface area is 129 Å². The van der Waals surface area contributed by atoms with Crippen molar-refractivity contribution in [3.63, 3.8) is 0 Å². The lowest BCUT2D eigenvalue weighted by molar-refractivity contribution is 0.0349. The van der Waals surface area contributed by atoms with Crippen molar-refractivity contribution >= 4 is 11.8 Å². The highest BCUT2D eigenvalue weighted by Gasteiger charge is 2.45. The van der Waals surface area contributed by atoms with Gasteiger partial charge in [0, 0.05) is 35.7 Å². The number of rotatable bonds is 3. The van der Waals surface area contributed by atoms with Gasteiger partial charge in [-0.1, -0.05) is 26.7 Å². The molecule has 3 aliphatic rings. The molecule has 2 atom stereocenters. The molecule has 2 N–H and O–H groups in total. The van der Waals surface area contributed by atoms with E-state index >= 15 is 0 Å². The van der Waals surface area contributed by atoms with Gasteiger partial charge < -0.3 is 5.73 Å². The normalized spacial score (nSPS) is 39.5. The first-order valence-corrected chi connectivity index (χ1v) is 9.62. The molecule has 3 rings (SSSR count). The Morgan fingerprint density at radius 1 is 1.10 bits per heavy atom. The highest BCUT2D eigenvalue weighted by Crippen LogP contribution is 2.48. The first-order valence-electron chi connectivity index (χ1n) is 8.64. The standard InChI is InChI=1S/C17H32N2S/c1-16(2)8-9-19(10-11-20-16)17(13-18)7-3-4-15(12-17)14-5-6-14/h14-15H,3-13,18H2,1-2H3. The van der Waals surface area contributed by atoms with Crippen LogP contribution < -0.4 is 5.73 Å². The summed E-state index contributed by atoms with van der Waals surface area (Å²) in [7, 11) is 0. The van der Waals surface area contributed by atoms with Crippen molar-refractivity contribution in [2.45, 2.75) is 69.1 Å². The van der Waals surface area contributed by atoms with Gasteiger partial charge in [0.1, 0.15) is 0 Å². The molecule has 0 aromatic rings. The first kappa shape index (κ1) is 15.2. The fourth-order valence-electron chi connectivity index (χ4n) is 4.45. The third kappa shape index (κ3) is 3.20. The van der Waals surface area contributed by atoms with E-state index in [1.807, 2.05) is 0 Å². The number of thioether (sulfide) groups is 1. The quantitative estimate of drug-likeness (QED) is 0.864. The van der Waals surface area contributed by atoms with E-state index < -0.39 is 0 Å². The monoisotopic (exact) mass is 296 g/mol. The molecule has 0 aromatic carbocycles. The average molecular weight is 297 g/mol. The molecule has 3 heteroatoms. The van der Waals surface area contributed by atoms with Crippen LogP contribution in [0.3, 0.4) is 0 Å². The summed E-state index contributed by atoms with van der Waals surface area (Å²) in [6, 6.07) is 0. The molecule has 116 valence electrons. The van der Waals surface area contributed by atoms with Crippen molar-refractivity contribution in [2.75, 3.05) is 25.4 Å². The van der Waals surface area contributed by atoms with Gasteiger partial charge in [0.2, 0.25) is 0 Å². The van der Waals surface area contributed by atoms with Gasteiger partial charge in [0.25, 0.3) is 0 Å². The lowest BCUT2D eigenvalue weighted by Gasteiger charge is -2.48. The summed E-state index contributed by atoms with van der Waals surface area (Å²) in [5.41, 5.74) is 6.66. The van der Waals surface area contributed by atoms with Crippen LogP contribution in [0.15, 0.2) is 0 Å². The largest absolute Gasteiger partial charge is 0.329 e. The number of nitrogens with zero attached hydrogens (tertiary/aromatic N) is 1. The summed E-state index contributed by atoms with van der Waals surface area (Å²) in [4.78, 5) is 2.79. The maximum Gasteiger partial charge on any atom is 0.0334 e. The van der Waals surface area contributed by atoms with E-state index in [2.05, 4.69) is 30.5 Å². The van der Waals surface area contributed by atoms with E-state index in [0.29, 0.717) is 10.3 Å². The van der Waals surface area contributed by atoms with Crippen LogP contribution in [0.4, 0.5) is 0 Å². The zero-order valence-electron chi connectivity index (χ0n) is 13.4. The van der Waals surface area contributed by atoms with Crippen LogP contribution in [0.25, 0.3) is 0 Å². The lowest BCUT2D eigenvalue weighted by atomic mass is 9.72. The smallest absolute Gasteiger partial charge is 0.0334 e. The molecule has 0 spiro atoms. The van der Waals surface area contributed by atoms with Gasteiger partial charge >= 0.3 is 0 Å². The van der Waals surface area contributed by atoms with Gasteiger partial charge in [0.15, 0.2) is 0 Å². The topological polar surface area (TPSA) is 29.3 Å². The molecule has 0 aromatic heterocycles. The van der Waals surface area contributed by atoms with Gasteiger partial charge in [-0.05, 0) is 43.9 Å². The zero-order chi connectivity index (χ0) is 14.2. The van der Waals surface area contributed by atoms with E-state index in [1.165, 1.54) is 63.8 Å². The molecule has 2 unspecified atom stereocenters. The molecular formula is C17H32N2S. The van der Waals surface area contributed by atoms with Gasteiger partial charge in [-0.2, -0.15) is 11.8 Å². The molecule has 1 heterocycles. The number of nitrogens with two attached hydrogens (primary N) is 1. The first-order chi connectivity index (χ1) is 9.55. The van der Waals surface area contributed by atoms with Crippen molar-refractivity contribution in [2.24, 2.45) is 17.6 Å².